The number of nitrogens with zero attached hydrogens (tertiary/aromatic N) is 2. The first-order valence-corrected chi connectivity index (χ1v) is 11.5. The van der Waals surface area contributed by atoms with E-state index in [1.807, 2.05) is 6.07 Å². The molecule has 0 radical (unpaired) electrons. The molecule has 2 N–H and O–H groups in total. The van der Waals surface area contributed by atoms with Crippen LogP contribution in [0.5, 0.6) is 0 Å². The highest BCUT2D eigenvalue weighted by atomic mass is 19.1. The Morgan fingerprint density at radius 2 is 2.06 bits per heavy atom. The van der Waals surface area contributed by atoms with E-state index < -0.39 is 29.8 Å². The zero-order chi connectivity index (χ0) is 25.3. The SMILES string of the molecule is CCNC(=O)C1Cc2c([nH]c3ncccc23)C(C(=O)OC(C)C)=CN1C(=O)c1ccc(F)c(C)c1. The molecule has 2 aromatic heterocycles. The Kier molecular flexibility index (Phi) is 6.68. The summed E-state index contributed by atoms with van der Waals surface area (Å²) in [5, 5.41) is 3.53. The number of aromatic amines is 1. The van der Waals surface area contributed by atoms with Crippen LogP contribution in [0, 0.1) is 12.7 Å². The number of amides is 2. The van der Waals surface area contributed by atoms with Crippen molar-refractivity contribution < 1.29 is 23.5 Å². The highest BCUT2D eigenvalue weighted by Gasteiger charge is 2.37. The van der Waals surface area contributed by atoms with E-state index in [2.05, 4.69) is 15.3 Å². The number of aromatic nitrogens is 2. The second-order valence-electron chi connectivity index (χ2n) is 8.67. The van der Waals surface area contributed by atoms with Gasteiger partial charge in [0.1, 0.15) is 17.5 Å². The Morgan fingerprint density at radius 3 is 2.74 bits per heavy atom. The summed E-state index contributed by atoms with van der Waals surface area (Å²) in [6, 6.07) is 6.65. The number of likely N-dealkylation sites (N-methyl/N-ethyl adjacent to an activating group) is 1. The van der Waals surface area contributed by atoms with E-state index in [4.69, 9.17) is 4.74 Å². The van der Waals surface area contributed by atoms with Gasteiger partial charge in [-0.2, -0.15) is 0 Å². The Labute approximate surface area is 202 Å². The summed E-state index contributed by atoms with van der Waals surface area (Å²) in [6.45, 7) is 7.16. The number of H-pyrrole nitrogens is 1. The van der Waals surface area contributed by atoms with Gasteiger partial charge in [0, 0.05) is 36.3 Å². The van der Waals surface area contributed by atoms with Crippen molar-refractivity contribution >= 4 is 34.4 Å². The molecule has 4 rings (SSSR count). The van der Waals surface area contributed by atoms with Crippen LogP contribution >= 0.6 is 0 Å². The van der Waals surface area contributed by atoms with Crippen LogP contribution in [0.25, 0.3) is 16.6 Å². The van der Waals surface area contributed by atoms with Crippen LogP contribution in [0.3, 0.4) is 0 Å². The van der Waals surface area contributed by atoms with Gasteiger partial charge >= 0.3 is 5.97 Å². The van der Waals surface area contributed by atoms with Gasteiger partial charge in [0.25, 0.3) is 5.91 Å². The van der Waals surface area contributed by atoms with Crippen LogP contribution in [-0.2, 0) is 20.7 Å². The zero-order valence-electron chi connectivity index (χ0n) is 20.0. The normalized spacial score (nSPS) is 15.4. The van der Waals surface area contributed by atoms with E-state index >= 15 is 0 Å². The lowest BCUT2D eigenvalue weighted by atomic mass is 10.00. The van der Waals surface area contributed by atoms with Crippen molar-refractivity contribution in [3.05, 3.63) is 70.9 Å². The first kappa shape index (κ1) is 24.1. The Balaban J connectivity index is 1.92. The molecule has 3 aromatic rings. The standard InChI is InChI=1S/C26H27FN4O4/c1-5-28-24(32)21-12-18-17-7-6-10-29-23(17)30-22(18)19(26(34)35-14(2)3)13-31(21)25(33)16-8-9-20(27)15(4)11-16/h6-11,13-14,21H,5,12H2,1-4H3,(H,28,32)(H,29,30). The molecule has 35 heavy (non-hydrogen) atoms. The molecule has 0 aliphatic carbocycles. The summed E-state index contributed by atoms with van der Waals surface area (Å²) in [6.07, 6.45) is 2.71. The van der Waals surface area contributed by atoms with E-state index in [0.29, 0.717) is 29.0 Å². The van der Waals surface area contributed by atoms with Crippen molar-refractivity contribution in [3.8, 4) is 0 Å². The monoisotopic (exact) mass is 478 g/mol. The maximum absolute atomic E-state index is 13.9. The number of hydrogen-bond donors (Lipinski definition) is 2. The molecule has 9 heteroatoms. The molecule has 1 unspecified atom stereocenters. The van der Waals surface area contributed by atoms with Gasteiger partial charge in [-0.05, 0) is 69.2 Å². The number of aryl methyl sites for hydroxylation is 1. The predicted molar refractivity (Wildman–Crippen MR) is 129 cm³/mol. The molecule has 3 heterocycles. The summed E-state index contributed by atoms with van der Waals surface area (Å²) in [7, 11) is 0. The molecule has 1 aliphatic rings. The van der Waals surface area contributed by atoms with Gasteiger partial charge in [-0.25, -0.2) is 14.2 Å². The largest absolute Gasteiger partial charge is 0.459 e. The molecular weight excluding hydrogens is 451 g/mol. The highest BCUT2D eigenvalue weighted by molar-refractivity contribution is 6.18. The van der Waals surface area contributed by atoms with Crippen LogP contribution in [0.2, 0.25) is 0 Å². The van der Waals surface area contributed by atoms with E-state index in [1.54, 1.807) is 40.0 Å². The Morgan fingerprint density at radius 1 is 1.29 bits per heavy atom. The van der Waals surface area contributed by atoms with E-state index in [-0.39, 0.29) is 23.5 Å². The van der Waals surface area contributed by atoms with Gasteiger partial charge in [-0.15, -0.1) is 0 Å². The lowest BCUT2D eigenvalue weighted by molar-refractivity contribution is -0.140. The Bertz CT molecular complexity index is 1340. The first-order valence-electron chi connectivity index (χ1n) is 11.5. The van der Waals surface area contributed by atoms with Crippen molar-refractivity contribution in [2.24, 2.45) is 0 Å². The van der Waals surface area contributed by atoms with Gasteiger partial charge in [0.15, 0.2) is 0 Å². The smallest absolute Gasteiger partial charge is 0.342 e. The number of ether oxygens (including phenoxy) is 1. The zero-order valence-corrected chi connectivity index (χ0v) is 20.0. The average molecular weight is 479 g/mol. The fourth-order valence-electron chi connectivity index (χ4n) is 4.17. The molecular formula is C26H27FN4O4. The van der Waals surface area contributed by atoms with Gasteiger partial charge in [0.2, 0.25) is 5.91 Å². The second kappa shape index (κ2) is 9.69. The summed E-state index contributed by atoms with van der Waals surface area (Å²) < 4.78 is 19.4. The molecule has 0 bridgehead atoms. The molecule has 0 saturated carbocycles. The minimum absolute atomic E-state index is 0.102. The van der Waals surface area contributed by atoms with Crippen LogP contribution in [0.1, 0.15) is 48.0 Å². The number of esters is 1. The van der Waals surface area contributed by atoms with Crippen molar-refractivity contribution in [2.75, 3.05) is 6.54 Å². The summed E-state index contributed by atoms with van der Waals surface area (Å²) in [5.74, 6) is -1.99. The Hall–Kier alpha value is -4.01. The van der Waals surface area contributed by atoms with Gasteiger partial charge in [-0.3, -0.25) is 9.59 Å². The molecule has 1 aliphatic heterocycles. The van der Waals surface area contributed by atoms with Gasteiger partial charge in [-0.1, -0.05) is 0 Å². The van der Waals surface area contributed by atoms with E-state index in [9.17, 15) is 18.8 Å². The molecule has 182 valence electrons. The minimum Gasteiger partial charge on any atom is -0.459 e. The number of hydrogen-bond acceptors (Lipinski definition) is 5. The van der Waals surface area contributed by atoms with Crippen LogP contribution < -0.4 is 5.32 Å². The maximum atomic E-state index is 13.9. The number of carbonyl (C=O) groups is 3. The number of rotatable bonds is 5. The number of carbonyl (C=O) groups excluding carboxylic acids is 3. The average Bonchev–Trinajstić information content (AvgIpc) is 3.08. The quantitative estimate of drug-likeness (QED) is 0.546. The topological polar surface area (TPSA) is 104 Å². The molecule has 0 saturated heterocycles. The second-order valence-corrected chi connectivity index (χ2v) is 8.67. The predicted octanol–water partition coefficient (Wildman–Crippen LogP) is 3.51. The van der Waals surface area contributed by atoms with Crippen LogP contribution in [-0.4, -0.2) is 51.3 Å². The van der Waals surface area contributed by atoms with Crippen molar-refractivity contribution in [2.45, 2.75) is 46.3 Å². The van der Waals surface area contributed by atoms with Crippen molar-refractivity contribution in [1.82, 2.24) is 20.2 Å². The number of pyridine rings is 1. The van der Waals surface area contributed by atoms with Crippen molar-refractivity contribution in [3.63, 3.8) is 0 Å². The van der Waals surface area contributed by atoms with E-state index in [0.717, 1.165) is 5.39 Å². The third-order valence-electron chi connectivity index (χ3n) is 5.80. The summed E-state index contributed by atoms with van der Waals surface area (Å²) >= 11 is 0. The molecule has 0 spiro atoms. The van der Waals surface area contributed by atoms with Crippen LogP contribution in [0.4, 0.5) is 4.39 Å². The third kappa shape index (κ3) is 4.66. The fraction of sp³-hybridized carbons (Fsp3) is 0.308. The number of halogens is 1. The molecule has 1 aromatic carbocycles. The van der Waals surface area contributed by atoms with Crippen molar-refractivity contribution in [1.29, 1.82) is 0 Å². The fourth-order valence-corrected chi connectivity index (χ4v) is 4.17. The number of nitrogens with one attached hydrogen (secondary N) is 2. The number of fused-ring (bicyclic) bond motifs is 3. The first-order chi connectivity index (χ1) is 16.7. The lowest BCUT2D eigenvalue weighted by Crippen LogP contribution is -2.48. The third-order valence-corrected chi connectivity index (χ3v) is 5.80. The van der Waals surface area contributed by atoms with Gasteiger partial charge < -0.3 is 19.9 Å². The van der Waals surface area contributed by atoms with Crippen LogP contribution in [0.15, 0.2) is 42.7 Å². The number of benzene rings is 1. The minimum atomic E-state index is -0.963. The molecule has 8 nitrogen and oxygen atoms in total. The molecule has 2 amide bonds. The highest BCUT2D eigenvalue weighted by Crippen LogP contribution is 2.33. The van der Waals surface area contributed by atoms with E-state index in [1.165, 1.54) is 29.3 Å². The summed E-state index contributed by atoms with van der Waals surface area (Å²) in [5.41, 5.74) is 2.29. The molecule has 0 fully saturated rings. The maximum Gasteiger partial charge on any atom is 0.342 e. The summed E-state index contributed by atoms with van der Waals surface area (Å²) in [4.78, 5) is 48.8. The lowest BCUT2D eigenvalue weighted by Gasteiger charge is -2.27. The van der Waals surface area contributed by atoms with Gasteiger partial charge in [0.05, 0.1) is 17.4 Å². The molecule has 1 atom stereocenters.